The van der Waals surface area contributed by atoms with Gasteiger partial charge in [-0.1, -0.05) is 31.9 Å². The molecule has 0 atom stereocenters. The summed E-state index contributed by atoms with van der Waals surface area (Å²) >= 11 is 6.46. The zero-order valence-electron chi connectivity index (χ0n) is 8.02. The molecule has 0 amide bonds. The quantitative estimate of drug-likeness (QED) is 0.777. The third-order valence-electron chi connectivity index (χ3n) is 1.74. The van der Waals surface area contributed by atoms with Crippen molar-refractivity contribution in [1.29, 1.82) is 0 Å². The molecule has 0 aromatic carbocycles. The van der Waals surface area contributed by atoms with Crippen molar-refractivity contribution in [1.82, 2.24) is 20.2 Å². The van der Waals surface area contributed by atoms with E-state index in [0.717, 1.165) is 0 Å². The average molecular weight is 370 g/mol. The highest BCUT2D eigenvalue weighted by Crippen LogP contribution is 2.27. The molecule has 5 nitrogen and oxygen atoms in total. The summed E-state index contributed by atoms with van der Waals surface area (Å²) in [7, 11) is 0. The van der Waals surface area contributed by atoms with Gasteiger partial charge in [-0.05, 0) is 0 Å². The van der Waals surface area contributed by atoms with Crippen molar-refractivity contribution in [2.75, 3.05) is 0 Å². The molecule has 0 aliphatic rings. The van der Waals surface area contributed by atoms with E-state index >= 15 is 0 Å². The number of hydrogen-bond donors (Lipinski definition) is 0. The summed E-state index contributed by atoms with van der Waals surface area (Å²) in [6.45, 7) is 0. The molecule has 0 fully saturated rings. The Morgan fingerprint density at radius 1 is 1.12 bits per heavy atom. The summed E-state index contributed by atoms with van der Waals surface area (Å²) in [4.78, 5) is 7.98. The maximum absolute atomic E-state index is 12.2. The fourth-order valence-corrected chi connectivity index (χ4v) is 1.47. The number of hydrogen-bond acceptors (Lipinski definition) is 5. The molecule has 2 heterocycles. The fraction of sp³-hybridized carbons (Fsp3) is 0.250. The molecule has 17 heavy (non-hydrogen) atoms. The van der Waals surface area contributed by atoms with Crippen LogP contribution in [0.2, 0.25) is 0 Å². The lowest BCUT2D eigenvalue weighted by Crippen LogP contribution is -1.92. The largest absolute Gasteiger partial charge is 0.415 e. The molecule has 0 spiro atoms. The Bertz CT molecular complexity index is 502. The second-order valence-electron chi connectivity index (χ2n) is 2.88. The predicted octanol–water partition coefficient (Wildman–Crippen LogP) is 3.25. The van der Waals surface area contributed by atoms with Crippen molar-refractivity contribution in [3.8, 4) is 11.5 Å². The van der Waals surface area contributed by atoms with Crippen molar-refractivity contribution in [3.05, 3.63) is 24.1 Å². The lowest BCUT2D eigenvalue weighted by Gasteiger charge is -1.99. The van der Waals surface area contributed by atoms with Gasteiger partial charge >= 0.3 is 6.43 Å². The van der Waals surface area contributed by atoms with Gasteiger partial charge in [0.25, 0.3) is 11.8 Å². The lowest BCUT2D eigenvalue weighted by atomic mass is 10.3. The predicted molar refractivity (Wildman–Crippen MR) is 60.9 cm³/mol. The lowest BCUT2D eigenvalue weighted by molar-refractivity contribution is 0.116. The summed E-state index contributed by atoms with van der Waals surface area (Å²) in [5.74, 6) is -0.252. The van der Waals surface area contributed by atoms with E-state index in [1.165, 1.54) is 12.4 Å². The molecule has 0 aliphatic carbocycles. The topological polar surface area (TPSA) is 64.7 Å². The van der Waals surface area contributed by atoms with Gasteiger partial charge in [0.2, 0.25) is 0 Å². The minimum Gasteiger partial charge on any atom is -0.415 e. The number of rotatable bonds is 3. The Kier molecular flexibility index (Phi) is 3.77. The Morgan fingerprint density at radius 2 is 1.76 bits per heavy atom. The van der Waals surface area contributed by atoms with Crippen LogP contribution in [0, 0.1) is 0 Å². The molecule has 9 heteroatoms. The SMILES string of the molecule is FC(F)c1nnc(-c2cnc(C(Br)Br)nc2)o1. The van der Waals surface area contributed by atoms with Crippen molar-refractivity contribution >= 4 is 31.9 Å². The van der Waals surface area contributed by atoms with Crippen LogP contribution in [-0.4, -0.2) is 20.2 Å². The van der Waals surface area contributed by atoms with Gasteiger partial charge in [0.1, 0.15) is 3.74 Å². The monoisotopic (exact) mass is 368 g/mol. The van der Waals surface area contributed by atoms with Crippen molar-refractivity contribution in [2.24, 2.45) is 0 Å². The van der Waals surface area contributed by atoms with Gasteiger partial charge < -0.3 is 4.42 Å². The molecule has 2 aromatic rings. The van der Waals surface area contributed by atoms with Gasteiger partial charge in [0.05, 0.1) is 5.56 Å². The zero-order chi connectivity index (χ0) is 12.4. The molecule has 0 unspecified atom stereocenters. The van der Waals surface area contributed by atoms with Crippen LogP contribution < -0.4 is 0 Å². The van der Waals surface area contributed by atoms with Gasteiger partial charge in [-0.2, -0.15) is 8.78 Å². The van der Waals surface area contributed by atoms with E-state index in [1.807, 2.05) is 0 Å². The van der Waals surface area contributed by atoms with Crippen LogP contribution in [0.1, 0.15) is 21.9 Å². The minimum atomic E-state index is -2.79. The van der Waals surface area contributed by atoms with Gasteiger partial charge in [-0.3, -0.25) is 0 Å². The molecule has 2 aromatic heterocycles. The molecule has 0 saturated carbocycles. The highest BCUT2D eigenvalue weighted by atomic mass is 79.9. The normalized spacial score (nSPS) is 11.4. The number of aromatic nitrogens is 4. The molecule has 90 valence electrons. The molecule has 0 bridgehead atoms. The van der Waals surface area contributed by atoms with Crippen LogP contribution in [0.4, 0.5) is 8.78 Å². The van der Waals surface area contributed by atoms with Crippen LogP contribution >= 0.6 is 31.9 Å². The Balaban J connectivity index is 2.27. The number of nitrogens with zero attached hydrogens (tertiary/aromatic N) is 4. The standard InChI is InChI=1S/C8H4Br2F2N4O/c9-4(10)6-13-1-3(2-14-6)7-15-16-8(17-7)5(11)12/h1-2,4-5H. The first-order valence-electron chi connectivity index (χ1n) is 4.30. The Hall–Kier alpha value is -0.960. The maximum Gasteiger partial charge on any atom is 0.314 e. The number of halogens is 4. The van der Waals surface area contributed by atoms with E-state index in [-0.39, 0.29) is 9.63 Å². The second-order valence-corrected chi connectivity index (χ2v) is 5.94. The van der Waals surface area contributed by atoms with E-state index in [4.69, 9.17) is 4.42 Å². The van der Waals surface area contributed by atoms with Gasteiger partial charge in [0, 0.05) is 12.4 Å². The van der Waals surface area contributed by atoms with Gasteiger partial charge in [-0.15, -0.1) is 10.2 Å². The Labute approximate surface area is 111 Å². The summed E-state index contributed by atoms with van der Waals surface area (Å²) in [5.41, 5.74) is 0.383. The summed E-state index contributed by atoms with van der Waals surface area (Å²) in [6, 6.07) is 0. The van der Waals surface area contributed by atoms with E-state index < -0.39 is 12.3 Å². The fourth-order valence-electron chi connectivity index (χ4n) is 1.00. The second kappa shape index (κ2) is 5.13. The molecule has 0 aliphatic heterocycles. The minimum absolute atomic E-state index is 0.0347. The van der Waals surface area contributed by atoms with E-state index in [2.05, 4.69) is 52.0 Å². The van der Waals surface area contributed by atoms with Gasteiger partial charge in [0.15, 0.2) is 5.82 Å². The molecule has 0 N–H and O–H groups in total. The molecule has 0 saturated heterocycles. The third kappa shape index (κ3) is 2.83. The van der Waals surface area contributed by atoms with E-state index in [1.54, 1.807) is 0 Å². The first-order chi connectivity index (χ1) is 8.08. The average Bonchev–Trinajstić information content (AvgIpc) is 2.78. The van der Waals surface area contributed by atoms with Crippen molar-refractivity contribution in [2.45, 2.75) is 10.2 Å². The molecule has 0 radical (unpaired) electrons. The Morgan fingerprint density at radius 3 is 2.24 bits per heavy atom. The molecule has 2 rings (SSSR count). The van der Waals surface area contributed by atoms with Crippen LogP contribution in [0.15, 0.2) is 16.8 Å². The van der Waals surface area contributed by atoms with Crippen molar-refractivity contribution < 1.29 is 13.2 Å². The van der Waals surface area contributed by atoms with Crippen LogP contribution in [0.3, 0.4) is 0 Å². The summed E-state index contributed by atoms with van der Waals surface area (Å²) in [6.07, 6.45) is 0.0484. The highest BCUT2D eigenvalue weighted by molar-refractivity contribution is 9.24. The van der Waals surface area contributed by atoms with Crippen molar-refractivity contribution in [3.63, 3.8) is 0 Å². The first-order valence-corrected chi connectivity index (χ1v) is 6.13. The molecular weight excluding hydrogens is 366 g/mol. The van der Waals surface area contributed by atoms with E-state index in [9.17, 15) is 8.78 Å². The maximum atomic E-state index is 12.2. The highest BCUT2D eigenvalue weighted by Gasteiger charge is 2.17. The summed E-state index contributed by atoms with van der Waals surface area (Å²) < 4.78 is 29.0. The first kappa shape index (κ1) is 12.5. The van der Waals surface area contributed by atoms with Crippen LogP contribution in [0.25, 0.3) is 11.5 Å². The molecular formula is C8H4Br2F2N4O. The zero-order valence-corrected chi connectivity index (χ0v) is 11.2. The third-order valence-corrected chi connectivity index (χ3v) is 2.56. The van der Waals surface area contributed by atoms with Crippen LogP contribution in [-0.2, 0) is 0 Å². The smallest absolute Gasteiger partial charge is 0.314 e. The summed E-state index contributed by atoms with van der Waals surface area (Å²) in [5, 5.41) is 6.69. The van der Waals surface area contributed by atoms with Crippen LogP contribution in [0.5, 0.6) is 0 Å². The van der Waals surface area contributed by atoms with Gasteiger partial charge in [-0.25, -0.2) is 9.97 Å². The van der Waals surface area contributed by atoms with E-state index in [0.29, 0.717) is 11.4 Å². The number of alkyl halides is 4.